The maximum atomic E-state index is 9.63. The van der Waals surface area contributed by atoms with Crippen LogP contribution in [0.3, 0.4) is 0 Å². The predicted molar refractivity (Wildman–Crippen MR) is 59.0 cm³/mol. The second-order valence-electron chi connectivity index (χ2n) is 3.59. The number of aliphatic hydroxyl groups excluding tert-OH is 1. The zero-order chi connectivity index (χ0) is 10.4. The fourth-order valence-electron chi connectivity index (χ4n) is 1.46. The molecule has 1 unspecified atom stereocenters. The monoisotopic (exact) mass is 188 g/mol. The van der Waals surface area contributed by atoms with E-state index in [0.717, 1.165) is 0 Å². The summed E-state index contributed by atoms with van der Waals surface area (Å²) in [6.45, 7) is 2.05. The number of benzene rings is 1. The molecule has 1 atom stereocenters. The third kappa shape index (κ3) is 3.64. The van der Waals surface area contributed by atoms with Crippen LogP contribution in [0.2, 0.25) is 0 Å². The molecule has 0 radical (unpaired) electrons. The Hall–Kier alpha value is -1.26. The lowest BCUT2D eigenvalue weighted by atomic mass is 10.0. The van der Waals surface area contributed by atoms with Gasteiger partial charge in [-0.25, -0.2) is 0 Å². The van der Waals surface area contributed by atoms with Gasteiger partial charge in [-0.15, -0.1) is 12.3 Å². The molecule has 14 heavy (non-hydrogen) atoms. The minimum absolute atomic E-state index is 0.312. The van der Waals surface area contributed by atoms with E-state index in [1.54, 1.807) is 0 Å². The van der Waals surface area contributed by atoms with Crippen molar-refractivity contribution in [1.82, 2.24) is 0 Å². The Morgan fingerprint density at radius 3 is 2.93 bits per heavy atom. The van der Waals surface area contributed by atoms with Gasteiger partial charge in [-0.1, -0.05) is 29.8 Å². The molecule has 0 aliphatic heterocycles. The smallest absolute Gasteiger partial charge is 0.0589 e. The molecule has 1 rings (SSSR count). The first-order valence-corrected chi connectivity index (χ1v) is 4.89. The third-order valence-corrected chi connectivity index (χ3v) is 2.18. The fraction of sp³-hybridized carbons (Fsp3) is 0.385. The normalized spacial score (nSPS) is 12.1. The van der Waals surface area contributed by atoms with Gasteiger partial charge in [0, 0.05) is 6.42 Å². The molecule has 1 heteroatoms. The predicted octanol–water partition coefficient (Wildman–Crippen LogP) is 2.31. The van der Waals surface area contributed by atoms with E-state index in [2.05, 4.69) is 25.0 Å². The maximum absolute atomic E-state index is 9.63. The van der Waals surface area contributed by atoms with E-state index < -0.39 is 0 Å². The first-order chi connectivity index (χ1) is 6.72. The standard InChI is InChI=1S/C13H16O/c1-3-4-8-13(14)10-12-7-5-6-11(2)9-12/h1,5-7,9,13-14H,4,8,10H2,2H3. The Balaban J connectivity index is 2.48. The highest BCUT2D eigenvalue weighted by molar-refractivity contribution is 5.22. The lowest BCUT2D eigenvalue weighted by molar-refractivity contribution is 0.166. The number of aliphatic hydroxyl groups is 1. The molecular weight excluding hydrogens is 172 g/mol. The fourth-order valence-corrected chi connectivity index (χ4v) is 1.46. The molecule has 1 nitrogen and oxygen atoms in total. The van der Waals surface area contributed by atoms with Gasteiger partial charge in [0.05, 0.1) is 6.10 Å². The van der Waals surface area contributed by atoms with Gasteiger partial charge in [-0.2, -0.15) is 0 Å². The van der Waals surface area contributed by atoms with Crippen LogP contribution in [-0.2, 0) is 6.42 Å². The van der Waals surface area contributed by atoms with Crippen molar-refractivity contribution in [3.05, 3.63) is 35.4 Å². The van der Waals surface area contributed by atoms with Gasteiger partial charge in [-0.05, 0) is 25.3 Å². The summed E-state index contributed by atoms with van der Waals surface area (Å²) in [6.07, 6.45) is 6.85. The zero-order valence-corrected chi connectivity index (χ0v) is 8.53. The van der Waals surface area contributed by atoms with Crippen LogP contribution >= 0.6 is 0 Å². The Morgan fingerprint density at radius 1 is 1.50 bits per heavy atom. The van der Waals surface area contributed by atoms with Crippen LogP contribution < -0.4 is 0 Å². The van der Waals surface area contributed by atoms with Gasteiger partial charge < -0.3 is 5.11 Å². The van der Waals surface area contributed by atoms with Crippen molar-refractivity contribution in [2.24, 2.45) is 0 Å². The number of terminal acetylenes is 1. The summed E-state index contributed by atoms with van der Waals surface area (Å²) in [5.74, 6) is 2.54. The molecule has 1 aromatic rings. The second-order valence-corrected chi connectivity index (χ2v) is 3.59. The molecule has 0 aromatic heterocycles. The largest absolute Gasteiger partial charge is 0.393 e. The third-order valence-electron chi connectivity index (χ3n) is 2.18. The van der Waals surface area contributed by atoms with Crippen LogP contribution in [0.1, 0.15) is 24.0 Å². The molecule has 1 N–H and O–H groups in total. The number of hydrogen-bond donors (Lipinski definition) is 1. The van der Waals surface area contributed by atoms with E-state index in [4.69, 9.17) is 6.42 Å². The molecule has 0 spiro atoms. The maximum Gasteiger partial charge on any atom is 0.0589 e. The molecule has 0 aliphatic rings. The summed E-state index contributed by atoms with van der Waals surface area (Å²) in [6, 6.07) is 8.20. The second kappa shape index (κ2) is 5.47. The van der Waals surface area contributed by atoms with Crippen molar-refractivity contribution < 1.29 is 5.11 Å². The number of rotatable bonds is 4. The lowest BCUT2D eigenvalue weighted by Gasteiger charge is -2.08. The topological polar surface area (TPSA) is 20.2 Å². The van der Waals surface area contributed by atoms with Gasteiger partial charge >= 0.3 is 0 Å². The highest BCUT2D eigenvalue weighted by Crippen LogP contribution is 2.09. The Morgan fingerprint density at radius 2 is 2.29 bits per heavy atom. The summed E-state index contributed by atoms with van der Waals surface area (Å²) in [5.41, 5.74) is 2.40. The molecule has 0 saturated heterocycles. The Labute approximate surface area is 85.8 Å². The average Bonchev–Trinajstić information content (AvgIpc) is 2.15. The molecule has 0 fully saturated rings. The molecule has 0 aliphatic carbocycles. The van der Waals surface area contributed by atoms with Gasteiger partial charge in [-0.3, -0.25) is 0 Å². The van der Waals surface area contributed by atoms with E-state index in [9.17, 15) is 5.11 Å². The first-order valence-electron chi connectivity index (χ1n) is 4.89. The molecule has 0 saturated carbocycles. The molecule has 0 bridgehead atoms. The van der Waals surface area contributed by atoms with Crippen molar-refractivity contribution >= 4 is 0 Å². The van der Waals surface area contributed by atoms with E-state index in [-0.39, 0.29) is 6.10 Å². The van der Waals surface area contributed by atoms with E-state index in [1.165, 1.54) is 11.1 Å². The molecule has 0 heterocycles. The average molecular weight is 188 g/mol. The highest BCUT2D eigenvalue weighted by Gasteiger charge is 2.04. The van der Waals surface area contributed by atoms with Crippen LogP contribution in [0.5, 0.6) is 0 Å². The number of aryl methyl sites for hydroxylation is 1. The van der Waals surface area contributed by atoms with Crippen molar-refractivity contribution in [3.63, 3.8) is 0 Å². The van der Waals surface area contributed by atoms with Crippen molar-refractivity contribution in [1.29, 1.82) is 0 Å². The van der Waals surface area contributed by atoms with E-state index in [0.29, 0.717) is 19.3 Å². The van der Waals surface area contributed by atoms with Crippen molar-refractivity contribution in [2.45, 2.75) is 32.3 Å². The van der Waals surface area contributed by atoms with Crippen LogP contribution in [0, 0.1) is 19.3 Å². The minimum atomic E-state index is -0.312. The van der Waals surface area contributed by atoms with Crippen molar-refractivity contribution in [2.75, 3.05) is 0 Å². The van der Waals surface area contributed by atoms with Crippen molar-refractivity contribution in [3.8, 4) is 12.3 Å². The molecular formula is C13H16O. The summed E-state index contributed by atoms with van der Waals surface area (Å²) in [4.78, 5) is 0. The Kier molecular flexibility index (Phi) is 4.22. The summed E-state index contributed by atoms with van der Waals surface area (Å²) < 4.78 is 0. The highest BCUT2D eigenvalue weighted by atomic mass is 16.3. The van der Waals surface area contributed by atoms with E-state index >= 15 is 0 Å². The van der Waals surface area contributed by atoms with Gasteiger partial charge in [0.25, 0.3) is 0 Å². The van der Waals surface area contributed by atoms with E-state index in [1.807, 2.05) is 12.1 Å². The number of hydrogen-bond acceptors (Lipinski definition) is 1. The quantitative estimate of drug-likeness (QED) is 0.719. The lowest BCUT2D eigenvalue weighted by Crippen LogP contribution is -2.09. The first kappa shape index (κ1) is 10.8. The van der Waals surface area contributed by atoms with Gasteiger partial charge in [0.2, 0.25) is 0 Å². The Bertz CT molecular complexity index is 322. The minimum Gasteiger partial charge on any atom is -0.393 e. The SMILES string of the molecule is C#CCCC(O)Cc1cccc(C)c1. The summed E-state index contributed by atoms with van der Waals surface area (Å²) >= 11 is 0. The van der Waals surface area contributed by atoms with Crippen LogP contribution in [0.25, 0.3) is 0 Å². The summed E-state index contributed by atoms with van der Waals surface area (Å²) in [5, 5.41) is 9.63. The van der Waals surface area contributed by atoms with Gasteiger partial charge in [0.1, 0.15) is 0 Å². The molecule has 74 valence electrons. The van der Waals surface area contributed by atoms with Crippen LogP contribution in [0.4, 0.5) is 0 Å². The van der Waals surface area contributed by atoms with Crippen LogP contribution in [0.15, 0.2) is 24.3 Å². The van der Waals surface area contributed by atoms with Crippen LogP contribution in [-0.4, -0.2) is 11.2 Å². The van der Waals surface area contributed by atoms with Gasteiger partial charge in [0.15, 0.2) is 0 Å². The zero-order valence-electron chi connectivity index (χ0n) is 8.53. The summed E-state index contributed by atoms with van der Waals surface area (Å²) in [7, 11) is 0. The molecule has 1 aromatic carbocycles. The molecule has 0 amide bonds.